The molecular formula is C21H21ClN4O. The summed E-state index contributed by atoms with van der Waals surface area (Å²) in [5.41, 5.74) is 4.03. The standard InChI is InChI=1S/C21H21ClN4O/c1-4-26(17-7-5-6-14(2)12-17)20(27)19-10-11-23-21(25-19)24-16-9-8-15(3)18(22)13-16/h5-13H,4H2,1-3H3,(H,23,24,25). The number of aryl methyl sites for hydroxylation is 2. The lowest BCUT2D eigenvalue weighted by atomic mass is 10.2. The van der Waals surface area contributed by atoms with Crippen molar-refractivity contribution in [2.45, 2.75) is 20.8 Å². The number of carbonyl (C=O) groups excluding carboxylic acids is 1. The molecule has 1 amide bonds. The number of hydrogen-bond acceptors (Lipinski definition) is 4. The summed E-state index contributed by atoms with van der Waals surface area (Å²) in [6.07, 6.45) is 1.57. The average Bonchev–Trinajstić information content (AvgIpc) is 2.65. The predicted molar refractivity (Wildman–Crippen MR) is 110 cm³/mol. The Bertz CT molecular complexity index is 974. The van der Waals surface area contributed by atoms with Crippen molar-refractivity contribution in [2.24, 2.45) is 0 Å². The zero-order valence-electron chi connectivity index (χ0n) is 15.5. The van der Waals surface area contributed by atoms with E-state index in [9.17, 15) is 4.79 Å². The Hall–Kier alpha value is -2.92. The fraction of sp³-hybridized carbons (Fsp3) is 0.190. The van der Waals surface area contributed by atoms with Crippen LogP contribution in [0.4, 0.5) is 17.3 Å². The second-order valence-electron chi connectivity index (χ2n) is 6.24. The highest BCUT2D eigenvalue weighted by Crippen LogP contribution is 2.22. The van der Waals surface area contributed by atoms with Gasteiger partial charge in [0.25, 0.3) is 5.91 Å². The molecule has 6 heteroatoms. The van der Waals surface area contributed by atoms with Crippen LogP contribution in [0.5, 0.6) is 0 Å². The van der Waals surface area contributed by atoms with Crippen LogP contribution in [0, 0.1) is 13.8 Å². The van der Waals surface area contributed by atoms with Gasteiger partial charge in [-0.25, -0.2) is 9.97 Å². The molecule has 1 heterocycles. The van der Waals surface area contributed by atoms with Gasteiger partial charge in [-0.05, 0) is 62.2 Å². The monoisotopic (exact) mass is 380 g/mol. The van der Waals surface area contributed by atoms with Crippen LogP contribution >= 0.6 is 11.6 Å². The first-order valence-corrected chi connectivity index (χ1v) is 9.10. The molecule has 27 heavy (non-hydrogen) atoms. The Labute approximate surface area is 164 Å². The third kappa shape index (κ3) is 4.44. The minimum atomic E-state index is -0.171. The van der Waals surface area contributed by atoms with Crippen LogP contribution < -0.4 is 10.2 Å². The molecule has 0 aliphatic carbocycles. The Morgan fingerprint density at radius 2 is 1.96 bits per heavy atom. The van der Waals surface area contributed by atoms with Crippen LogP contribution in [0.2, 0.25) is 5.02 Å². The molecule has 0 bridgehead atoms. The lowest BCUT2D eigenvalue weighted by Crippen LogP contribution is -2.31. The summed E-state index contributed by atoms with van der Waals surface area (Å²) in [5.74, 6) is 0.177. The van der Waals surface area contributed by atoms with E-state index in [4.69, 9.17) is 11.6 Å². The molecule has 3 rings (SSSR count). The van der Waals surface area contributed by atoms with E-state index < -0.39 is 0 Å². The zero-order chi connectivity index (χ0) is 19.4. The summed E-state index contributed by atoms with van der Waals surface area (Å²) in [4.78, 5) is 23.3. The Morgan fingerprint density at radius 1 is 1.15 bits per heavy atom. The van der Waals surface area contributed by atoms with Gasteiger partial charge in [-0.2, -0.15) is 0 Å². The van der Waals surface area contributed by atoms with E-state index in [1.165, 1.54) is 0 Å². The minimum absolute atomic E-state index is 0.171. The second-order valence-corrected chi connectivity index (χ2v) is 6.65. The van der Waals surface area contributed by atoms with E-state index in [1.54, 1.807) is 23.2 Å². The fourth-order valence-electron chi connectivity index (χ4n) is 2.72. The van der Waals surface area contributed by atoms with Crippen LogP contribution in [0.25, 0.3) is 0 Å². The van der Waals surface area contributed by atoms with Crippen molar-refractivity contribution in [2.75, 3.05) is 16.8 Å². The number of hydrogen-bond donors (Lipinski definition) is 1. The van der Waals surface area contributed by atoms with E-state index in [-0.39, 0.29) is 5.91 Å². The van der Waals surface area contributed by atoms with Crippen molar-refractivity contribution in [3.8, 4) is 0 Å². The number of nitrogens with one attached hydrogen (secondary N) is 1. The normalized spacial score (nSPS) is 10.5. The molecule has 0 spiro atoms. The zero-order valence-corrected chi connectivity index (χ0v) is 16.3. The van der Waals surface area contributed by atoms with Gasteiger partial charge in [0.2, 0.25) is 5.95 Å². The third-order valence-corrected chi connectivity index (χ3v) is 4.58. The first kappa shape index (κ1) is 18.9. The fourth-order valence-corrected chi connectivity index (χ4v) is 2.90. The summed E-state index contributed by atoms with van der Waals surface area (Å²) in [6, 6.07) is 15.1. The number of aromatic nitrogens is 2. The summed E-state index contributed by atoms with van der Waals surface area (Å²) < 4.78 is 0. The molecule has 0 aliphatic heterocycles. The number of anilines is 3. The van der Waals surface area contributed by atoms with E-state index in [1.807, 2.05) is 57.2 Å². The van der Waals surface area contributed by atoms with Gasteiger partial charge in [-0.3, -0.25) is 4.79 Å². The lowest BCUT2D eigenvalue weighted by Gasteiger charge is -2.21. The largest absolute Gasteiger partial charge is 0.324 e. The van der Waals surface area contributed by atoms with Crippen LogP contribution in [0.15, 0.2) is 54.7 Å². The predicted octanol–water partition coefficient (Wildman–Crippen LogP) is 5.16. The van der Waals surface area contributed by atoms with Crippen LogP contribution in [-0.2, 0) is 0 Å². The van der Waals surface area contributed by atoms with Gasteiger partial charge < -0.3 is 10.2 Å². The highest BCUT2D eigenvalue weighted by molar-refractivity contribution is 6.31. The molecule has 0 atom stereocenters. The van der Waals surface area contributed by atoms with Gasteiger partial charge in [0.05, 0.1) is 0 Å². The van der Waals surface area contributed by atoms with Crippen LogP contribution in [0.3, 0.4) is 0 Å². The Morgan fingerprint density at radius 3 is 2.67 bits per heavy atom. The van der Waals surface area contributed by atoms with Gasteiger partial charge in [0.15, 0.2) is 0 Å². The SMILES string of the molecule is CCN(C(=O)c1ccnc(Nc2ccc(C)c(Cl)c2)n1)c1cccc(C)c1. The van der Waals surface area contributed by atoms with Crippen molar-refractivity contribution in [3.63, 3.8) is 0 Å². The highest BCUT2D eigenvalue weighted by atomic mass is 35.5. The molecule has 5 nitrogen and oxygen atoms in total. The maximum Gasteiger partial charge on any atom is 0.277 e. The second kappa shape index (κ2) is 8.18. The maximum absolute atomic E-state index is 13.0. The van der Waals surface area contributed by atoms with Crippen molar-refractivity contribution >= 4 is 34.8 Å². The third-order valence-electron chi connectivity index (χ3n) is 4.18. The number of nitrogens with zero attached hydrogens (tertiary/aromatic N) is 3. The lowest BCUT2D eigenvalue weighted by molar-refractivity contribution is 0.0983. The quantitative estimate of drug-likeness (QED) is 0.664. The molecule has 3 aromatic rings. The van der Waals surface area contributed by atoms with Gasteiger partial charge >= 0.3 is 0 Å². The molecule has 0 unspecified atom stereocenters. The topological polar surface area (TPSA) is 58.1 Å². The van der Waals surface area contributed by atoms with Crippen molar-refractivity contribution in [1.82, 2.24) is 9.97 Å². The summed E-state index contributed by atoms with van der Waals surface area (Å²) in [5, 5.41) is 3.75. The molecule has 0 saturated heterocycles. The molecule has 1 N–H and O–H groups in total. The van der Waals surface area contributed by atoms with Gasteiger partial charge in [0.1, 0.15) is 5.69 Å². The van der Waals surface area contributed by atoms with E-state index >= 15 is 0 Å². The smallest absolute Gasteiger partial charge is 0.277 e. The number of carbonyl (C=O) groups is 1. The average molecular weight is 381 g/mol. The van der Waals surface area contributed by atoms with Gasteiger partial charge in [-0.1, -0.05) is 29.8 Å². The molecular weight excluding hydrogens is 360 g/mol. The number of benzene rings is 2. The van der Waals surface area contributed by atoms with Crippen LogP contribution in [0.1, 0.15) is 28.5 Å². The molecule has 1 aromatic heterocycles. The molecule has 0 fully saturated rings. The van der Waals surface area contributed by atoms with Crippen molar-refractivity contribution in [3.05, 3.63) is 76.6 Å². The molecule has 0 radical (unpaired) electrons. The van der Waals surface area contributed by atoms with E-state index in [2.05, 4.69) is 15.3 Å². The number of halogens is 1. The summed E-state index contributed by atoms with van der Waals surface area (Å²) in [7, 11) is 0. The maximum atomic E-state index is 13.0. The molecule has 2 aromatic carbocycles. The van der Waals surface area contributed by atoms with Gasteiger partial charge in [-0.15, -0.1) is 0 Å². The van der Waals surface area contributed by atoms with Crippen LogP contribution in [-0.4, -0.2) is 22.4 Å². The Kier molecular flexibility index (Phi) is 5.72. The molecule has 138 valence electrons. The summed E-state index contributed by atoms with van der Waals surface area (Å²) in [6.45, 7) is 6.42. The summed E-state index contributed by atoms with van der Waals surface area (Å²) >= 11 is 6.16. The minimum Gasteiger partial charge on any atom is -0.324 e. The molecule has 0 saturated carbocycles. The van der Waals surface area contributed by atoms with Crippen molar-refractivity contribution < 1.29 is 4.79 Å². The molecule has 0 aliphatic rings. The number of amides is 1. The first-order chi connectivity index (χ1) is 13.0. The van der Waals surface area contributed by atoms with E-state index in [0.717, 1.165) is 22.5 Å². The van der Waals surface area contributed by atoms with Gasteiger partial charge in [0, 0.05) is 29.1 Å². The van der Waals surface area contributed by atoms with Crippen molar-refractivity contribution in [1.29, 1.82) is 0 Å². The highest BCUT2D eigenvalue weighted by Gasteiger charge is 2.18. The first-order valence-electron chi connectivity index (χ1n) is 8.72. The Balaban J connectivity index is 1.85. The number of rotatable bonds is 5. The van der Waals surface area contributed by atoms with E-state index in [0.29, 0.717) is 23.2 Å².